The van der Waals surface area contributed by atoms with Gasteiger partial charge >= 0.3 is 6.18 Å². The lowest BCUT2D eigenvalue weighted by molar-refractivity contribution is -0.141. The van der Waals surface area contributed by atoms with Gasteiger partial charge in [-0.2, -0.15) is 13.2 Å². The predicted octanol–water partition coefficient (Wildman–Crippen LogP) is 3.64. The first-order valence-corrected chi connectivity index (χ1v) is 8.39. The summed E-state index contributed by atoms with van der Waals surface area (Å²) in [6.45, 7) is 2.12. The van der Waals surface area contributed by atoms with Crippen LogP contribution in [0.4, 0.5) is 24.7 Å². The monoisotopic (exact) mass is 377 g/mol. The highest BCUT2D eigenvalue weighted by Gasteiger charge is 2.34. The number of nitrogens with two attached hydrogens (primary N) is 1. The fourth-order valence-electron chi connectivity index (χ4n) is 2.97. The molecule has 0 saturated heterocycles. The van der Waals surface area contributed by atoms with Crippen molar-refractivity contribution in [3.8, 4) is 0 Å². The second-order valence-electron chi connectivity index (χ2n) is 6.36. The quantitative estimate of drug-likeness (QED) is 0.742. The van der Waals surface area contributed by atoms with Gasteiger partial charge in [-0.3, -0.25) is 0 Å². The number of nitrogens with zero attached hydrogens (tertiary/aromatic N) is 1. The van der Waals surface area contributed by atoms with Crippen LogP contribution in [0.2, 0.25) is 0 Å². The Balaban J connectivity index is 2.03. The Morgan fingerprint density at radius 2 is 2.15 bits per heavy atom. The first-order chi connectivity index (χ1) is 12.8. The normalized spacial score (nSPS) is 15.1. The molecule has 1 atom stereocenters. The van der Waals surface area contributed by atoms with Gasteiger partial charge in [-0.15, -0.1) is 0 Å². The minimum absolute atomic E-state index is 0.123. The molecule has 1 aromatic carbocycles. The lowest BCUT2D eigenvalue weighted by Gasteiger charge is -2.25. The van der Waals surface area contributed by atoms with Gasteiger partial charge in [0.25, 0.3) is 0 Å². The van der Waals surface area contributed by atoms with Gasteiger partial charge in [-0.1, -0.05) is 18.2 Å². The Kier molecular flexibility index (Phi) is 5.27. The Bertz CT molecular complexity index is 864. The number of allylic oxidation sites excluding steroid dienone is 1. The van der Waals surface area contributed by atoms with Gasteiger partial charge in [0, 0.05) is 36.8 Å². The van der Waals surface area contributed by atoms with Crippen LogP contribution in [0.15, 0.2) is 36.2 Å². The van der Waals surface area contributed by atoms with Gasteiger partial charge < -0.3 is 21.1 Å². The molecule has 0 spiro atoms. The Labute approximate surface area is 155 Å². The molecule has 2 aromatic rings. The maximum atomic E-state index is 13.1. The van der Waals surface area contributed by atoms with Crippen molar-refractivity contribution in [1.29, 1.82) is 0 Å². The average molecular weight is 377 g/mol. The standard InChI is InChI=1S/C19H20F3N4O/c1-11(10-27-2)24-18-13(7-8-16(26-18)19(20,21)22)14-9-12-5-3-4-6-15(12)25-17(14)23/h3-5,7-8,11,25H,9-10,23H2,1-2H3,(H,24,26). The lowest BCUT2D eigenvalue weighted by atomic mass is 9.94. The number of fused-ring (bicyclic) bond motifs is 1. The molecular weight excluding hydrogens is 357 g/mol. The van der Waals surface area contributed by atoms with Crippen molar-refractivity contribution >= 4 is 17.1 Å². The van der Waals surface area contributed by atoms with E-state index < -0.39 is 11.9 Å². The molecule has 2 heterocycles. The van der Waals surface area contributed by atoms with E-state index in [1.165, 1.54) is 13.2 Å². The summed E-state index contributed by atoms with van der Waals surface area (Å²) in [6.07, 6.45) is -4.07. The molecular formula is C19H20F3N4O. The molecule has 1 aliphatic rings. The molecule has 0 fully saturated rings. The zero-order valence-electron chi connectivity index (χ0n) is 14.9. The highest BCUT2D eigenvalue weighted by Crippen LogP contribution is 2.36. The number of aromatic nitrogens is 1. The van der Waals surface area contributed by atoms with Gasteiger partial charge in [0.15, 0.2) is 0 Å². The average Bonchev–Trinajstić information content (AvgIpc) is 2.60. The van der Waals surface area contributed by atoms with Crippen LogP contribution in [0, 0.1) is 6.07 Å². The summed E-state index contributed by atoms with van der Waals surface area (Å²) in [5, 5.41) is 6.06. The predicted molar refractivity (Wildman–Crippen MR) is 97.9 cm³/mol. The van der Waals surface area contributed by atoms with Gasteiger partial charge in [-0.25, -0.2) is 4.98 Å². The van der Waals surface area contributed by atoms with Crippen molar-refractivity contribution in [2.24, 2.45) is 5.73 Å². The van der Waals surface area contributed by atoms with Crippen LogP contribution in [0.1, 0.15) is 23.7 Å². The molecule has 0 bridgehead atoms. The number of alkyl halides is 3. The number of ether oxygens (including phenoxy) is 1. The summed E-state index contributed by atoms with van der Waals surface area (Å²) in [4.78, 5) is 3.81. The SMILES string of the molecule is COCC(C)Nc1nc(C(F)(F)F)ccc1C1=C(N)Nc2[c]cccc2C1. The van der Waals surface area contributed by atoms with E-state index in [0.29, 0.717) is 30.0 Å². The van der Waals surface area contributed by atoms with Crippen LogP contribution in [0.3, 0.4) is 0 Å². The largest absolute Gasteiger partial charge is 0.433 e. The molecule has 0 amide bonds. The second kappa shape index (κ2) is 7.48. The number of anilines is 2. The molecule has 27 heavy (non-hydrogen) atoms. The minimum Gasteiger partial charge on any atom is -0.385 e. The van der Waals surface area contributed by atoms with Crippen LogP contribution in [-0.4, -0.2) is 24.7 Å². The van der Waals surface area contributed by atoms with Crippen molar-refractivity contribution in [2.75, 3.05) is 24.4 Å². The Morgan fingerprint density at radius 3 is 2.85 bits per heavy atom. The Morgan fingerprint density at radius 1 is 1.37 bits per heavy atom. The summed E-state index contributed by atoms with van der Waals surface area (Å²) in [5.74, 6) is 0.492. The number of halogens is 3. The maximum absolute atomic E-state index is 13.1. The third-order valence-corrected chi connectivity index (χ3v) is 4.21. The van der Waals surface area contributed by atoms with E-state index in [1.807, 2.05) is 12.1 Å². The van der Waals surface area contributed by atoms with Crippen molar-refractivity contribution in [3.63, 3.8) is 0 Å². The van der Waals surface area contributed by atoms with Crippen LogP contribution < -0.4 is 16.4 Å². The highest BCUT2D eigenvalue weighted by molar-refractivity contribution is 5.83. The first-order valence-electron chi connectivity index (χ1n) is 8.39. The minimum atomic E-state index is -4.54. The molecule has 1 unspecified atom stereocenters. The highest BCUT2D eigenvalue weighted by atomic mass is 19.4. The van der Waals surface area contributed by atoms with E-state index >= 15 is 0 Å². The third-order valence-electron chi connectivity index (χ3n) is 4.21. The molecule has 0 aliphatic carbocycles. The summed E-state index contributed by atoms with van der Waals surface area (Å²) in [6, 6.07) is 10.7. The summed E-state index contributed by atoms with van der Waals surface area (Å²) in [5.41, 5.74) is 8.11. The van der Waals surface area contributed by atoms with E-state index in [-0.39, 0.29) is 11.9 Å². The lowest BCUT2D eigenvalue weighted by Crippen LogP contribution is -2.25. The van der Waals surface area contributed by atoms with Crippen molar-refractivity contribution in [1.82, 2.24) is 4.98 Å². The fraction of sp³-hybridized carbons (Fsp3) is 0.316. The van der Waals surface area contributed by atoms with Crippen LogP contribution in [-0.2, 0) is 17.3 Å². The number of nitrogens with one attached hydrogen (secondary N) is 2. The summed E-state index contributed by atoms with van der Waals surface area (Å²) >= 11 is 0. The number of para-hydroxylation sites is 1. The van der Waals surface area contributed by atoms with E-state index in [1.54, 1.807) is 13.0 Å². The summed E-state index contributed by atoms with van der Waals surface area (Å²) in [7, 11) is 1.53. The first kappa shape index (κ1) is 19.0. The fourth-order valence-corrected chi connectivity index (χ4v) is 2.97. The number of methoxy groups -OCH3 is 1. The summed E-state index contributed by atoms with van der Waals surface area (Å²) < 4.78 is 44.5. The molecule has 0 saturated carbocycles. The van der Waals surface area contributed by atoms with Gasteiger partial charge in [0.2, 0.25) is 0 Å². The van der Waals surface area contributed by atoms with E-state index in [2.05, 4.69) is 21.7 Å². The molecule has 8 heteroatoms. The molecule has 5 nitrogen and oxygen atoms in total. The molecule has 1 aromatic heterocycles. The topological polar surface area (TPSA) is 72.2 Å². The van der Waals surface area contributed by atoms with Crippen molar-refractivity contribution in [3.05, 3.63) is 59.0 Å². The Hall–Kier alpha value is -2.74. The number of pyridine rings is 1. The zero-order chi connectivity index (χ0) is 19.6. The number of hydrogen-bond acceptors (Lipinski definition) is 5. The number of benzene rings is 1. The van der Waals surface area contributed by atoms with Gasteiger partial charge in [0.1, 0.15) is 17.3 Å². The number of hydrogen-bond donors (Lipinski definition) is 3. The van der Waals surface area contributed by atoms with Crippen LogP contribution in [0.5, 0.6) is 0 Å². The van der Waals surface area contributed by atoms with Crippen molar-refractivity contribution in [2.45, 2.75) is 25.6 Å². The van der Waals surface area contributed by atoms with Crippen molar-refractivity contribution < 1.29 is 17.9 Å². The zero-order valence-corrected chi connectivity index (χ0v) is 14.9. The van der Waals surface area contributed by atoms with E-state index in [4.69, 9.17) is 10.5 Å². The molecule has 143 valence electrons. The second-order valence-corrected chi connectivity index (χ2v) is 6.36. The van der Waals surface area contributed by atoms with Gasteiger partial charge in [-0.05, 0) is 24.6 Å². The van der Waals surface area contributed by atoms with E-state index in [9.17, 15) is 13.2 Å². The van der Waals surface area contributed by atoms with E-state index in [0.717, 1.165) is 17.3 Å². The molecule has 1 aliphatic heterocycles. The molecule has 3 rings (SSSR count). The third kappa shape index (κ3) is 4.16. The maximum Gasteiger partial charge on any atom is 0.433 e. The van der Waals surface area contributed by atoms with Gasteiger partial charge in [0.05, 0.1) is 12.3 Å². The number of rotatable bonds is 5. The molecule has 1 radical (unpaired) electrons. The van der Waals surface area contributed by atoms with Crippen LogP contribution >= 0.6 is 0 Å². The molecule has 4 N–H and O–H groups in total. The smallest absolute Gasteiger partial charge is 0.385 e. The van der Waals surface area contributed by atoms with Crippen LogP contribution in [0.25, 0.3) is 5.57 Å².